The predicted octanol–water partition coefficient (Wildman–Crippen LogP) is 7.19. The number of fused-ring (bicyclic) bond motifs is 1. The van der Waals surface area contributed by atoms with Gasteiger partial charge < -0.3 is 14.5 Å². The quantitative estimate of drug-likeness (QED) is 0.307. The van der Waals surface area contributed by atoms with E-state index >= 15 is 0 Å². The first-order valence-electron chi connectivity index (χ1n) is 15.8. The van der Waals surface area contributed by atoms with E-state index in [2.05, 4.69) is 64.1 Å². The molecule has 0 aromatic heterocycles. The first-order chi connectivity index (χ1) is 20.7. The number of halogens is 1. The van der Waals surface area contributed by atoms with Gasteiger partial charge in [0.1, 0.15) is 5.82 Å². The van der Waals surface area contributed by atoms with Crippen molar-refractivity contribution in [3.8, 4) is 0 Å². The van der Waals surface area contributed by atoms with E-state index in [1.807, 2.05) is 20.8 Å². The normalized spacial score (nSPS) is 26.3. The van der Waals surface area contributed by atoms with Gasteiger partial charge in [-0.3, -0.25) is 9.69 Å². The molecule has 0 radical (unpaired) electrons. The largest absolute Gasteiger partial charge is 0.378 e. The summed E-state index contributed by atoms with van der Waals surface area (Å²) < 4.78 is 19.5. The lowest BCUT2D eigenvalue weighted by Gasteiger charge is -2.35. The molecule has 3 aliphatic rings. The van der Waals surface area contributed by atoms with Crippen LogP contribution in [0.15, 0.2) is 77.9 Å². The Labute approximate surface area is 256 Å². The van der Waals surface area contributed by atoms with Gasteiger partial charge in [0.25, 0.3) is 0 Å². The van der Waals surface area contributed by atoms with Crippen LogP contribution < -0.4 is 4.90 Å². The van der Waals surface area contributed by atoms with Crippen molar-refractivity contribution >= 4 is 17.6 Å². The summed E-state index contributed by atoms with van der Waals surface area (Å²) in [5, 5.41) is 0. The molecule has 1 saturated carbocycles. The summed E-state index contributed by atoms with van der Waals surface area (Å²) >= 11 is 0. The number of anilines is 1. The number of carbonyl (C=O) groups excluding carboxylic acids is 2. The first kappa shape index (κ1) is 31.0. The van der Waals surface area contributed by atoms with Gasteiger partial charge >= 0.3 is 6.03 Å². The van der Waals surface area contributed by atoms with Crippen molar-refractivity contribution in [2.45, 2.75) is 71.4 Å². The number of benzene rings is 2. The van der Waals surface area contributed by atoms with Crippen LogP contribution in [0.3, 0.4) is 0 Å². The molecule has 5 atom stereocenters. The molecule has 2 aromatic rings. The van der Waals surface area contributed by atoms with Crippen LogP contribution in [0.1, 0.15) is 64.9 Å². The molecule has 0 spiro atoms. The minimum atomic E-state index is -0.327. The summed E-state index contributed by atoms with van der Waals surface area (Å²) in [6.07, 6.45) is 7.64. The van der Waals surface area contributed by atoms with Crippen LogP contribution in [0.2, 0.25) is 0 Å². The molecule has 1 aliphatic carbocycles. The van der Waals surface area contributed by atoms with Crippen LogP contribution in [0.25, 0.3) is 0 Å². The van der Waals surface area contributed by atoms with Crippen molar-refractivity contribution in [1.29, 1.82) is 0 Å². The molecule has 230 valence electrons. The molecule has 0 N–H and O–H groups in total. The molecule has 7 heteroatoms. The van der Waals surface area contributed by atoms with Crippen molar-refractivity contribution in [1.82, 2.24) is 9.80 Å². The van der Waals surface area contributed by atoms with Crippen molar-refractivity contribution in [2.75, 3.05) is 37.7 Å². The smallest absolute Gasteiger partial charge is 0.325 e. The number of carbonyl (C=O) groups is 2. The number of hydrogen-bond acceptors (Lipinski definition) is 3. The second-order valence-corrected chi connectivity index (χ2v) is 12.7. The molecule has 3 fully saturated rings. The van der Waals surface area contributed by atoms with Crippen molar-refractivity contribution in [3.05, 3.63) is 89.3 Å². The number of urea groups is 1. The highest BCUT2D eigenvalue weighted by atomic mass is 19.1. The fraction of sp³-hybridized carbons (Fsp3) is 0.500. The van der Waals surface area contributed by atoms with Gasteiger partial charge in [-0.2, -0.15) is 0 Å². The molecular weight excluding hydrogens is 541 g/mol. The van der Waals surface area contributed by atoms with Gasteiger partial charge in [0, 0.05) is 31.2 Å². The number of hydrogen-bond donors (Lipinski definition) is 0. The number of ether oxygens (including phenoxy) is 1. The molecule has 2 saturated heterocycles. The third kappa shape index (κ3) is 7.04. The number of allylic oxidation sites excluding steroid dienone is 3. The summed E-state index contributed by atoms with van der Waals surface area (Å²) in [7, 11) is 0. The monoisotopic (exact) mass is 587 g/mol. The van der Waals surface area contributed by atoms with Gasteiger partial charge in [-0.15, -0.1) is 0 Å². The lowest BCUT2D eigenvalue weighted by atomic mass is 9.77. The van der Waals surface area contributed by atoms with Crippen LogP contribution >= 0.6 is 0 Å². The predicted molar refractivity (Wildman–Crippen MR) is 169 cm³/mol. The van der Waals surface area contributed by atoms with E-state index in [-0.39, 0.29) is 47.6 Å². The number of amides is 3. The zero-order chi connectivity index (χ0) is 30.5. The Kier molecular flexibility index (Phi) is 10.0. The minimum absolute atomic E-state index is 0.0751. The second kappa shape index (κ2) is 13.9. The SMILES string of the molecule is CC(C)=CCC/C(C)=C/CN1C(=O)N(c2ccc(F)cc2)[C@H]2C[C@@H](c3ccccc3)[C@@H](C)[C@@H](C(=O)N3CCOCC3)C[C@H]21. The van der Waals surface area contributed by atoms with E-state index in [0.29, 0.717) is 45.0 Å². The zero-order valence-electron chi connectivity index (χ0n) is 26.0. The lowest BCUT2D eigenvalue weighted by molar-refractivity contribution is -0.142. The van der Waals surface area contributed by atoms with E-state index in [4.69, 9.17) is 4.74 Å². The molecular formula is C36H46FN3O3. The highest BCUT2D eigenvalue weighted by Gasteiger charge is 2.52. The highest BCUT2D eigenvalue weighted by molar-refractivity contribution is 5.96. The maximum absolute atomic E-state index is 14.3. The third-order valence-corrected chi connectivity index (χ3v) is 9.59. The Hall–Kier alpha value is -3.45. The molecule has 43 heavy (non-hydrogen) atoms. The summed E-state index contributed by atoms with van der Waals surface area (Å²) in [5.41, 5.74) is 4.44. The highest BCUT2D eigenvalue weighted by Crippen LogP contribution is 2.46. The molecule has 3 amide bonds. The fourth-order valence-electron chi connectivity index (χ4n) is 7.12. The van der Waals surface area contributed by atoms with Gasteiger partial charge in [0.05, 0.1) is 25.3 Å². The average molecular weight is 588 g/mol. The zero-order valence-corrected chi connectivity index (χ0v) is 26.0. The van der Waals surface area contributed by atoms with Crippen molar-refractivity contribution in [2.24, 2.45) is 11.8 Å². The summed E-state index contributed by atoms with van der Waals surface area (Å²) in [6.45, 7) is 11.4. The van der Waals surface area contributed by atoms with Gasteiger partial charge in [0.15, 0.2) is 0 Å². The van der Waals surface area contributed by atoms with Gasteiger partial charge in [-0.1, -0.05) is 60.6 Å². The summed E-state index contributed by atoms with van der Waals surface area (Å²) in [6, 6.07) is 16.3. The average Bonchev–Trinajstić information content (AvgIpc) is 3.17. The van der Waals surface area contributed by atoms with Crippen LogP contribution in [0, 0.1) is 17.7 Å². The number of nitrogens with zero attached hydrogens (tertiary/aromatic N) is 3. The van der Waals surface area contributed by atoms with Crippen LogP contribution in [0.5, 0.6) is 0 Å². The Bertz CT molecular complexity index is 1320. The van der Waals surface area contributed by atoms with E-state index < -0.39 is 0 Å². The second-order valence-electron chi connectivity index (χ2n) is 12.7. The third-order valence-electron chi connectivity index (χ3n) is 9.59. The molecule has 5 rings (SSSR count). The van der Waals surface area contributed by atoms with Crippen molar-refractivity contribution in [3.63, 3.8) is 0 Å². The molecule has 2 aliphatic heterocycles. The molecule has 2 aromatic carbocycles. The number of rotatable bonds is 8. The summed E-state index contributed by atoms with van der Waals surface area (Å²) in [4.78, 5) is 34.3. The maximum Gasteiger partial charge on any atom is 0.325 e. The maximum atomic E-state index is 14.3. The van der Waals surface area contributed by atoms with E-state index in [1.54, 1.807) is 12.1 Å². The molecule has 0 unspecified atom stereocenters. The topological polar surface area (TPSA) is 53.1 Å². The van der Waals surface area contributed by atoms with Crippen LogP contribution in [0.4, 0.5) is 14.9 Å². The summed E-state index contributed by atoms with van der Waals surface area (Å²) in [5.74, 6) is -0.227. The van der Waals surface area contributed by atoms with Crippen LogP contribution in [-0.4, -0.2) is 66.7 Å². The van der Waals surface area contributed by atoms with E-state index in [9.17, 15) is 14.0 Å². The van der Waals surface area contributed by atoms with Gasteiger partial charge in [-0.25, -0.2) is 9.18 Å². The first-order valence-corrected chi connectivity index (χ1v) is 15.8. The van der Waals surface area contributed by atoms with E-state index in [1.165, 1.54) is 28.8 Å². The molecule has 0 bridgehead atoms. The Morgan fingerprint density at radius 2 is 1.65 bits per heavy atom. The standard InChI is InChI=1S/C36H46FN3O3/c1-25(2)9-8-10-26(3)17-18-39-33-24-32(35(41)38-19-21-43-22-20-38)27(4)31(28-11-6-5-7-12-28)23-34(33)40(36(39)42)30-15-13-29(37)14-16-30/h5-7,9,11-17,27,31-34H,8,10,18-24H2,1-4H3/b26-17+/t27-,31-,32+,33-,34+/m1/s1. The minimum Gasteiger partial charge on any atom is -0.378 e. The Morgan fingerprint density at radius 1 is 0.953 bits per heavy atom. The lowest BCUT2D eigenvalue weighted by Crippen LogP contribution is -2.47. The Balaban J connectivity index is 1.53. The van der Waals surface area contributed by atoms with Gasteiger partial charge in [-0.05, 0) is 88.1 Å². The van der Waals surface area contributed by atoms with E-state index in [0.717, 1.165) is 19.3 Å². The van der Waals surface area contributed by atoms with Gasteiger partial charge in [0.2, 0.25) is 5.91 Å². The van der Waals surface area contributed by atoms with Crippen molar-refractivity contribution < 1.29 is 18.7 Å². The number of morpholine rings is 1. The molecule has 2 heterocycles. The Morgan fingerprint density at radius 3 is 2.33 bits per heavy atom. The fourth-order valence-corrected chi connectivity index (χ4v) is 7.12. The van der Waals surface area contributed by atoms with Crippen LogP contribution in [-0.2, 0) is 9.53 Å². The molecule has 6 nitrogen and oxygen atoms in total.